The number of aromatic nitrogens is 3. The van der Waals surface area contributed by atoms with Crippen LogP contribution >= 0.6 is 0 Å². The van der Waals surface area contributed by atoms with E-state index in [0.29, 0.717) is 16.9 Å². The normalized spacial score (nSPS) is 11.1. The first-order valence-electron chi connectivity index (χ1n) is 8.42. The van der Waals surface area contributed by atoms with E-state index in [1.165, 1.54) is 0 Å². The Morgan fingerprint density at radius 1 is 1.22 bits per heavy atom. The lowest BCUT2D eigenvalue weighted by Gasteiger charge is -2.08. The average Bonchev–Trinajstić information content (AvgIpc) is 3.03. The van der Waals surface area contributed by atoms with Gasteiger partial charge in [0.2, 0.25) is 0 Å². The quantitative estimate of drug-likeness (QED) is 0.571. The molecule has 1 aromatic carbocycles. The third kappa shape index (κ3) is 4.10. The van der Waals surface area contributed by atoms with Crippen LogP contribution in [0.1, 0.15) is 16.7 Å². The topological polar surface area (TPSA) is 83.6 Å². The number of aryl methyl sites for hydroxylation is 3. The van der Waals surface area contributed by atoms with E-state index >= 15 is 0 Å². The van der Waals surface area contributed by atoms with Crippen LogP contribution in [-0.4, -0.2) is 20.7 Å². The number of hydrogen-bond donors (Lipinski definition) is 1. The van der Waals surface area contributed by atoms with E-state index in [0.717, 1.165) is 16.7 Å². The molecular weight excluding hydrogens is 338 g/mol. The van der Waals surface area contributed by atoms with E-state index in [4.69, 9.17) is 0 Å². The summed E-state index contributed by atoms with van der Waals surface area (Å²) < 4.78 is 1.65. The molecule has 6 nitrogen and oxygen atoms in total. The van der Waals surface area contributed by atoms with Gasteiger partial charge in [-0.1, -0.05) is 17.7 Å². The van der Waals surface area contributed by atoms with Gasteiger partial charge in [-0.25, -0.2) is 0 Å². The summed E-state index contributed by atoms with van der Waals surface area (Å²) in [5, 5.41) is 16.7. The van der Waals surface area contributed by atoms with Crippen LogP contribution in [0.25, 0.3) is 17.3 Å². The molecule has 6 heteroatoms. The molecular formula is C21H19N5O. The minimum Gasteiger partial charge on any atom is -0.321 e. The highest BCUT2D eigenvalue weighted by Gasteiger charge is 2.14. The summed E-state index contributed by atoms with van der Waals surface area (Å²) in [6, 6.07) is 11.4. The van der Waals surface area contributed by atoms with Gasteiger partial charge in [-0.2, -0.15) is 10.4 Å². The molecule has 0 bridgehead atoms. The van der Waals surface area contributed by atoms with Gasteiger partial charge in [-0.3, -0.25) is 14.5 Å². The fourth-order valence-electron chi connectivity index (χ4n) is 2.79. The number of carbonyl (C=O) groups is 1. The maximum Gasteiger partial charge on any atom is 0.266 e. The summed E-state index contributed by atoms with van der Waals surface area (Å²) in [5.41, 5.74) is 5.00. The van der Waals surface area contributed by atoms with Crippen LogP contribution < -0.4 is 5.32 Å². The zero-order chi connectivity index (χ0) is 19.4. The lowest BCUT2D eigenvalue weighted by atomic mass is 10.1. The second-order valence-corrected chi connectivity index (χ2v) is 6.28. The van der Waals surface area contributed by atoms with Gasteiger partial charge in [0, 0.05) is 42.5 Å². The zero-order valence-electron chi connectivity index (χ0n) is 15.4. The lowest BCUT2D eigenvalue weighted by Crippen LogP contribution is -2.14. The van der Waals surface area contributed by atoms with Crippen LogP contribution in [0.5, 0.6) is 0 Å². The van der Waals surface area contributed by atoms with E-state index in [-0.39, 0.29) is 5.57 Å². The molecule has 0 aliphatic carbocycles. The van der Waals surface area contributed by atoms with Crippen LogP contribution in [0, 0.1) is 25.2 Å². The number of benzene rings is 1. The monoisotopic (exact) mass is 357 g/mol. The molecule has 0 saturated heterocycles. The van der Waals surface area contributed by atoms with Crippen molar-refractivity contribution in [1.29, 1.82) is 5.26 Å². The zero-order valence-corrected chi connectivity index (χ0v) is 15.4. The lowest BCUT2D eigenvalue weighted by molar-refractivity contribution is -0.112. The SMILES string of the molecule is Cc1ccc(NC(=O)C(C#N)=Cc2cn(C)nc2-c2ccncc2)c(C)c1. The van der Waals surface area contributed by atoms with Crippen molar-refractivity contribution in [2.45, 2.75) is 13.8 Å². The Balaban J connectivity index is 1.93. The number of hydrogen-bond acceptors (Lipinski definition) is 4. The van der Waals surface area contributed by atoms with Gasteiger partial charge in [0.25, 0.3) is 5.91 Å². The fourth-order valence-corrected chi connectivity index (χ4v) is 2.79. The summed E-state index contributed by atoms with van der Waals surface area (Å²) in [4.78, 5) is 16.6. The number of anilines is 1. The second-order valence-electron chi connectivity index (χ2n) is 6.28. The molecule has 2 aromatic heterocycles. The van der Waals surface area contributed by atoms with Crippen molar-refractivity contribution >= 4 is 17.7 Å². The number of nitrogens with one attached hydrogen (secondary N) is 1. The van der Waals surface area contributed by atoms with Crippen LogP contribution in [0.2, 0.25) is 0 Å². The van der Waals surface area contributed by atoms with Crippen molar-refractivity contribution in [1.82, 2.24) is 14.8 Å². The second kappa shape index (κ2) is 7.67. The molecule has 0 atom stereocenters. The molecule has 3 rings (SSSR count). The predicted molar refractivity (Wildman–Crippen MR) is 105 cm³/mol. The minimum atomic E-state index is -0.450. The number of nitriles is 1. The number of amides is 1. The first-order chi connectivity index (χ1) is 13.0. The van der Waals surface area contributed by atoms with Gasteiger partial charge in [0.1, 0.15) is 11.6 Å². The molecule has 0 aliphatic rings. The average molecular weight is 357 g/mol. The minimum absolute atomic E-state index is 0.0123. The van der Waals surface area contributed by atoms with Crippen LogP contribution in [0.3, 0.4) is 0 Å². The number of carbonyl (C=O) groups excluding carboxylic acids is 1. The molecule has 0 fully saturated rings. The highest BCUT2D eigenvalue weighted by atomic mass is 16.1. The maximum absolute atomic E-state index is 12.6. The highest BCUT2D eigenvalue weighted by molar-refractivity contribution is 6.10. The van der Waals surface area contributed by atoms with Crippen LogP contribution in [0.15, 0.2) is 54.5 Å². The van der Waals surface area contributed by atoms with Crippen LogP contribution in [-0.2, 0) is 11.8 Å². The van der Waals surface area contributed by atoms with Crippen molar-refractivity contribution in [2.24, 2.45) is 7.05 Å². The van der Waals surface area contributed by atoms with Crippen molar-refractivity contribution in [3.8, 4) is 17.3 Å². The summed E-state index contributed by atoms with van der Waals surface area (Å²) in [7, 11) is 1.80. The number of pyridine rings is 1. The molecule has 0 aliphatic heterocycles. The summed E-state index contributed by atoms with van der Waals surface area (Å²) in [6.45, 7) is 3.91. The Morgan fingerprint density at radius 3 is 2.63 bits per heavy atom. The smallest absolute Gasteiger partial charge is 0.266 e. The molecule has 0 spiro atoms. The van der Waals surface area contributed by atoms with E-state index in [1.54, 1.807) is 36.4 Å². The van der Waals surface area contributed by atoms with E-state index in [1.807, 2.05) is 50.2 Å². The van der Waals surface area contributed by atoms with Crippen molar-refractivity contribution in [3.63, 3.8) is 0 Å². The molecule has 134 valence electrons. The van der Waals surface area contributed by atoms with Gasteiger partial charge in [0.15, 0.2) is 0 Å². The van der Waals surface area contributed by atoms with Crippen molar-refractivity contribution < 1.29 is 4.79 Å². The predicted octanol–water partition coefficient (Wildman–Crippen LogP) is 3.64. The molecule has 27 heavy (non-hydrogen) atoms. The Labute approximate surface area is 157 Å². The summed E-state index contributed by atoms with van der Waals surface area (Å²) >= 11 is 0. The van der Waals surface area contributed by atoms with Gasteiger partial charge in [-0.05, 0) is 43.7 Å². The van der Waals surface area contributed by atoms with E-state index in [2.05, 4.69) is 15.4 Å². The number of rotatable bonds is 4. The Hall–Kier alpha value is -3.72. The standard InChI is InChI=1S/C21H19N5O/c1-14-4-5-19(15(2)10-14)24-21(27)17(12-22)11-18-13-26(3)25-20(18)16-6-8-23-9-7-16/h4-11,13H,1-3H3,(H,24,27). The van der Waals surface area contributed by atoms with Gasteiger partial charge < -0.3 is 5.32 Å². The highest BCUT2D eigenvalue weighted by Crippen LogP contribution is 2.24. The van der Waals surface area contributed by atoms with Crippen molar-refractivity contribution in [2.75, 3.05) is 5.32 Å². The fraction of sp³-hybridized carbons (Fsp3) is 0.143. The third-order valence-electron chi connectivity index (χ3n) is 4.11. The molecule has 0 saturated carbocycles. The van der Waals surface area contributed by atoms with Crippen LogP contribution in [0.4, 0.5) is 5.69 Å². The van der Waals surface area contributed by atoms with Gasteiger partial charge in [-0.15, -0.1) is 0 Å². The molecule has 1 amide bonds. The van der Waals surface area contributed by atoms with Gasteiger partial charge >= 0.3 is 0 Å². The Kier molecular flexibility index (Phi) is 5.13. The maximum atomic E-state index is 12.6. The first-order valence-corrected chi connectivity index (χ1v) is 8.42. The van der Waals surface area contributed by atoms with E-state index in [9.17, 15) is 10.1 Å². The molecule has 3 aromatic rings. The Bertz CT molecular complexity index is 1060. The summed E-state index contributed by atoms with van der Waals surface area (Å²) in [6.07, 6.45) is 6.68. The van der Waals surface area contributed by atoms with Crippen molar-refractivity contribution in [3.05, 3.63) is 71.2 Å². The molecule has 1 N–H and O–H groups in total. The molecule has 0 unspecified atom stereocenters. The number of nitrogens with zero attached hydrogens (tertiary/aromatic N) is 4. The largest absolute Gasteiger partial charge is 0.321 e. The van der Waals surface area contributed by atoms with E-state index < -0.39 is 5.91 Å². The first kappa shape index (κ1) is 18.1. The summed E-state index contributed by atoms with van der Waals surface area (Å²) in [5.74, 6) is -0.450. The molecule has 0 radical (unpaired) electrons. The molecule has 2 heterocycles. The van der Waals surface area contributed by atoms with Gasteiger partial charge in [0.05, 0.1) is 5.69 Å². The third-order valence-corrected chi connectivity index (χ3v) is 4.11. The Morgan fingerprint density at radius 2 is 1.96 bits per heavy atom.